The Labute approximate surface area is 141 Å². The SMILES string of the molecule is CCN(C)c1nccc2cc(NC3=NCc4cccnc43)ccc12. The number of fused-ring (bicyclic) bond motifs is 2. The first-order valence-corrected chi connectivity index (χ1v) is 8.12. The fourth-order valence-corrected chi connectivity index (χ4v) is 2.95. The van der Waals surface area contributed by atoms with E-state index in [1.165, 1.54) is 0 Å². The maximum absolute atomic E-state index is 4.56. The van der Waals surface area contributed by atoms with Gasteiger partial charge in [-0.1, -0.05) is 6.07 Å². The topological polar surface area (TPSA) is 53.4 Å². The maximum atomic E-state index is 4.56. The van der Waals surface area contributed by atoms with E-state index in [2.05, 4.69) is 63.4 Å². The molecule has 5 heteroatoms. The number of nitrogens with zero attached hydrogens (tertiary/aromatic N) is 4. The summed E-state index contributed by atoms with van der Waals surface area (Å²) in [5.41, 5.74) is 3.12. The molecule has 0 fully saturated rings. The van der Waals surface area contributed by atoms with Gasteiger partial charge in [0.1, 0.15) is 11.5 Å². The fraction of sp³-hybridized carbons (Fsp3) is 0.211. The zero-order valence-electron chi connectivity index (χ0n) is 13.8. The number of pyridine rings is 2. The van der Waals surface area contributed by atoms with Crippen molar-refractivity contribution in [3.05, 3.63) is 60.0 Å². The number of rotatable bonds is 3. The van der Waals surface area contributed by atoms with E-state index in [9.17, 15) is 0 Å². The van der Waals surface area contributed by atoms with Crippen molar-refractivity contribution < 1.29 is 0 Å². The number of anilines is 2. The second-order valence-corrected chi connectivity index (χ2v) is 5.89. The van der Waals surface area contributed by atoms with Crippen molar-refractivity contribution in [1.29, 1.82) is 0 Å². The van der Waals surface area contributed by atoms with E-state index >= 15 is 0 Å². The molecule has 2 aromatic heterocycles. The average Bonchev–Trinajstić information content (AvgIpc) is 3.03. The summed E-state index contributed by atoms with van der Waals surface area (Å²) >= 11 is 0. The second-order valence-electron chi connectivity index (χ2n) is 5.89. The molecule has 0 radical (unpaired) electrons. The summed E-state index contributed by atoms with van der Waals surface area (Å²) < 4.78 is 0. The Bertz CT molecular complexity index is 932. The minimum Gasteiger partial charge on any atom is -0.359 e. The lowest BCUT2D eigenvalue weighted by molar-refractivity contribution is 0.946. The molecule has 120 valence electrons. The fourth-order valence-electron chi connectivity index (χ4n) is 2.95. The van der Waals surface area contributed by atoms with Gasteiger partial charge in [-0.3, -0.25) is 9.98 Å². The van der Waals surface area contributed by atoms with E-state index in [0.29, 0.717) is 6.54 Å². The van der Waals surface area contributed by atoms with Gasteiger partial charge in [0.15, 0.2) is 5.84 Å². The van der Waals surface area contributed by atoms with Crippen molar-refractivity contribution in [1.82, 2.24) is 9.97 Å². The molecule has 1 aliphatic heterocycles. The van der Waals surface area contributed by atoms with E-state index in [-0.39, 0.29) is 0 Å². The molecule has 0 atom stereocenters. The van der Waals surface area contributed by atoms with Crippen molar-refractivity contribution in [2.75, 3.05) is 23.8 Å². The van der Waals surface area contributed by atoms with Gasteiger partial charge in [0.2, 0.25) is 0 Å². The van der Waals surface area contributed by atoms with Crippen LogP contribution in [-0.2, 0) is 6.54 Å². The Morgan fingerprint density at radius 2 is 2.04 bits per heavy atom. The summed E-state index contributed by atoms with van der Waals surface area (Å²) in [5, 5.41) is 5.72. The number of benzene rings is 1. The van der Waals surface area contributed by atoms with Crippen LogP contribution in [0.1, 0.15) is 18.2 Å². The lowest BCUT2D eigenvalue weighted by Gasteiger charge is -2.18. The first-order valence-electron chi connectivity index (χ1n) is 8.12. The van der Waals surface area contributed by atoms with Crippen LogP contribution in [0.25, 0.3) is 10.8 Å². The van der Waals surface area contributed by atoms with Crippen LogP contribution in [0, 0.1) is 0 Å². The van der Waals surface area contributed by atoms with Crippen LogP contribution in [0.5, 0.6) is 0 Å². The quantitative estimate of drug-likeness (QED) is 0.804. The third-order valence-corrected chi connectivity index (χ3v) is 4.37. The molecule has 0 bridgehead atoms. The number of aliphatic imine (C=N–C) groups is 1. The summed E-state index contributed by atoms with van der Waals surface area (Å²) in [6, 6.07) is 12.4. The third kappa shape index (κ3) is 2.48. The monoisotopic (exact) mass is 317 g/mol. The molecule has 0 aliphatic carbocycles. The average molecular weight is 317 g/mol. The molecule has 3 heterocycles. The van der Waals surface area contributed by atoms with Crippen LogP contribution in [0.15, 0.2) is 53.8 Å². The summed E-state index contributed by atoms with van der Waals surface area (Å²) in [6.07, 6.45) is 3.66. The van der Waals surface area contributed by atoms with Crippen molar-refractivity contribution in [2.45, 2.75) is 13.5 Å². The lowest BCUT2D eigenvalue weighted by atomic mass is 10.1. The van der Waals surface area contributed by atoms with Gasteiger partial charge in [0.05, 0.1) is 6.54 Å². The highest BCUT2D eigenvalue weighted by Crippen LogP contribution is 2.27. The van der Waals surface area contributed by atoms with Crippen LogP contribution in [-0.4, -0.2) is 29.4 Å². The lowest BCUT2D eigenvalue weighted by Crippen LogP contribution is -2.17. The molecular formula is C19H19N5. The maximum Gasteiger partial charge on any atom is 0.152 e. The smallest absolute Gasteiger partial charge is 0.152 e. The number of aromatic nitrogens is 2. The van der Waals surface area contributed by atoms with Gasteiger partial charge in [0.25, 0.3) is 0 Å². The predicted octanol–water partition coefficient (Wildman–Crippen LogP) is 3.46. The first kappa shape index (κ1) is 14.6. The number of amidine groups is 1. The molecule has 0 spiro atoms. The standard InChI is InChI=1S/C19H19N5/c1-3-24(2)19-16-7-6-15(11-13(16)8-10-21-19)23-18-17-14(12-22-18)5-4-9-20-17/h4-11H,3,12H2,1-2H3,(H,22,23). The van der Waals surface area contributed by atoms with Crippen molar-refractivity contribution in [3.63, 3.8) is 0 Å². The van der Waals surface area contributed by atoms with E-state index in [4.69, 9.17) is 0 Å². The van der Waals surface area contributed by atoms with Crippen molar-refractivity contribution in [3.8, 4) is 0 Å². The molecule has 24 heavy (non-hydrogen) atoms. The highest BCUT2D eigenvalue weighted by Gasteiger charge is 2.17. The van der Waals surface area contributed by atoms with E-state index in [1.54, 1.807) is 6.20 Å². The van der Waals surface area contributed by atoms with E-state index < -0.39 is 0 Å². The van der Waals surface area contributed by atoms with Gasteiger partial charge < -0.3 is 10.2 Å². The summed E-state index contributed by atoms with van der Waals surface area (Å²) in [7, 11) is 2.06. The van der Waals surface area contributed by atoms with Gasteiger partial charge in [-0.25, -0.2) is 4.98 Å². The van der Waals surface area contributed by atoms with Crippen LogP contribution in [0.4, 0.5) is 11.5 Å². The predicted molar refractivity (Wildman–Crippen MR) is 98.8 cm³/mol. The van der Waals surface area contributed by atoms with Crippen LogP contribution in [0.2, 0.25) is 0 Å². The molecule has 1 aromatic carbocycles. The molecule has 1 N–H and O–H groups in total. The minimum atomic E-state index is 0.689. The Morgan fingerprint density at radius 3 is 2.92 bits per heavy atom. The number of hydrogen-bond acceptors (Lipinski definition) is 5. The normalized spacial score (nSPS) is 12.8. The van der Waals surface area contributed by atoms with Crippen molar-refractivity contribution >= 4 is 28.1 Å². The van der Waals surface area contributed by atoms with Crippen molar-refractivity contribution in [2.24, 2.45) is 4.99 Å². The van der Waals surface area contributed by atoms with Gasteiger partial charge in [-0.05, 0) is 42.6 Å². The number of hydrogen-bond donors (Lipinski definition) is 1. The van der Waals surface area contributed by atoms with E-state index in [0.717, 1.165) is 45.9 Å². The van der Waals surface area contributed by atoms with E-state index in [1.807, 2.05) is 18.3 Å². The molecule has 0 saturated heterocycles. The molecule has 5 nitrogen and oxygen atoms in total. The minimum absolute atomic E-state index is 0.689. The number of nitrogens with one attached hydrogen (secondary N) is 1. The van der Waals surface area contributed by atoms with Gasteiger partial charge in [-0.2, -0.15) is 0 Å². The molecule has 0 unspecified atom stereocenters. The molecule has 0 amide bonds. The molecular weight excluding hydrogens is 298 g/mol. The molecule has 4 rings (SSSR count). The zero-order chi connectivity index (χ0) is 16.5. The summed E-state index contributed by atoms with van der Waals surface area (Å²) in [6.45, 7) is 3.74. The Balaban J connectivity index is 1.67. The van der Waals surface area contributed by atoms with Gasteiger partial charge in [0, 0.05) is 42.6 Å². The molecule has 0 saturated carbocycles. The van der Waals surface area contributed by atoms with Crippen LogP contribution < -0.4 is 10.2 Å². The highest BCUT2D eigenvalue weighted by atomic mass is 15.2. The Kier molecular flexibility index (Phi) is 3.61. The Hall–Kier alpha value is -2.95. The van der Waals surface area contributed by atoms with Crippen LogP contribution in [0.3, 0.4) is 0 Å². The van der Waals surface area contributed by atoms with Gasteiger partial charge >= 0.3 is 0 Å². The third-order valence-electron chi connectivity index (χ3n) is 4.37. The summed E-state index contributed by atoms with van der Waals surface area (Å²) in [4.78, 5) is 15.7. The summed E-state index contributed by atoms with van der Waals surface area (Å²) in [5.74, 6) is 1.84. The second kappa shape index (κ2) is 5.92. The first-order chi connectivity index (χ1) is 11.8. The zero-order valence-corrected chi connectivity index (χ0v) is 13.8. The van der Waals surface area contributed by atoms with Gasteiger partial charge in [-0.15, -0.1) is 0 Å². The Morgan fingerprint density at radius 1 is 1.12 bits per heavy atom. The largest absolute Gasteiger partial charge is 0.359 e. The highest BCUT2D eigenvalue weighted by molar-refractivity contribution is 6.10. The molecule has 1 aliphatic rings. The molecule has 3 aromatic rings. The van der Waals surface area contributed by atoms with Crippen LogP contribution >= 0.6 is 0 Å².